The number of rotatable bonds is 7. The molecule has 3 heteroatoms. The van der Waals surface area contributed by atoms with E-state index in [-0.39, 0.29) is 0 Å². The number of hydrogen-bond donors (Lipinski definition) is 1. The molecule has 2 aromatic rings. The van der Waals surface area contributed by atoms with Gasteiger partial charge in [-0.1, -0.05) is 18.2 Å². The Morgan fingerprint density at radius 1 is 1.15 bits per heavy atom. The van der Waals surface area contributed by atoms with Crippen LogP contribution in [0.1, 0.15) is 24.1 Å². The van der Waals surface area contributed by atoms with Crippen molar-refractivity contribution in [2.24, 2.45) is 0 Å². The number of nitrogens with zero attached hydrogens (tertiary/aromatic N) is 2. The SMILES string of the molecule is Cc1cc(CNCCCCN(C)C)c2ccccc2n1. The maximum absolute atomic E-state index is 4.58. The molecular weight excluding hydrogens is 246 g/mol. The van der Waals surface area contributed by atoms with Crippen LogP contribution >= 0.6 is 0 Å². The lowest BCUT2D eigenvalue weighted by molar-refractivity contribution is 0.391. The summed E-state index contributed by atoms with van der Waals surface area (Å²) in [5.74, 6) is 0. The maximum atomic E-state index is 4.58. The minimum absolute atomic E-state index is 0.922. The van der Waals surface area contributed by atoms with Gasteiger partial charge in [0.1, 0.15) is 0 Å². The van der Waals surface area contributed by atoms with Gasteiger partial charge in [0, 0.05) is 17.6 Å². The van der Waals surface area contributed by atoms with Crippen molar-refractivity contribution in [2.45, 2.75) is 26.3 Å². The Morgan fingerprint density at radius 3 is 2.75 bits per heavy atom. The van der Waals surface area contributed by atoms with Crippen molar-refractivity contribution < 1.29 is 0 Å². The highest BCUT2D eigenvalue weighted by Gasteiger charge is 2.03. The summed E-state index contributed by atoms with van der Waals surface area (Å²) in [5.41, 5.74) is 3.53. The minimum Gasteiger partial charge on any atom is -0.313 e. The molecule has 2 rings (SSSR count). The predicted molar refractivity (Wildman–Crippen MR) is 86.0 cm³/mol. The quantitative estimate of drug-likeness (QED) is 0.785. The Balaban J connectivity index is 1.90. The Morgan fingerprint density at radius 2 is 1.95 bits per heavy atom. The van der Waals surface area contributed by atoms with Gasteiger partial charge in [-0.15, -0.1) is 0 Å². The van der Waals surface area contributed by atoms with Crippen molar-refractivity contribution in [3.63, 3.8) is 0 Å². The molecule has 1 N–H and O–H groups in total. The molecule has 1 aromatic heterocycles. The monoisotopic (exact) mass is 271 g/mol. The largest absolute Gasteiger partial charge is 0.313 e. The first kappa shape index (κ1) is 14.9. The summed E-state index contributed by atoms with van der Waals surface area (Å²) in [7, 11) is 4.25. The summed E-state index contributed by atoms with van der Waals surface area (Å²) in [6, 6.07) is 10.6. The van der Waals surface area contributed by atoms with Gasteiger partial charge >= 0.3 is 0 Å². The van der Waals surface area contributed by atoms with Crippen LogP contribution in [-0.4, -0.2) is 37.1 Å². The number of unbranched alkanes of at least 4 members (excludes halogenated alkanes) is 1. The van der Waals surface area contributed by atoms with Crippen molar-refractivity contribution in [3.05, 3.63) is 41.6 Å². The zero-order valence-electron chi connectivity index (χ0n) is 12.8. The van der Waals surface area contributed by atoms with Crippen LogP contribution in [0.15, 0.2) is 30.3 Å². The number of hydrogen-bond acceptors (Lipinski definition) is 3. The molecule has 0 saturated heterocycles. The van der Waals surface area contributed by atoms with E-state index >= 15 is 0 Å². The van der Waals surface area contributed by atoms with Crippen molar-refractivity contribution in [3.8, 4) is 0 Å². The maximum Gasteiger partial charge on any atom is 0.0708 e. The topological polar surface area (TPSA) is 28.2 Å². The van der Waals surface area contributed by atoms with Gasteiger partial charge in [-0.3, -0.25) is 4.98 Å². The highest BCUT2D eigenvalue weighted by molar-refractivity contribution is 5.82. The van der Waals surface area contributed by atoms with E-state index in [1.165, 1.54) is 30.3 Å². The molecule has 0 fully saturated rings. The van der Waals surface area contributed by atoms with Crippen LogP contribution in [0.3, 0.4) is 0 Å². The third-order valence-corrected chi connectivity index (χ3v) is 3.45. The van der Waals surface area contributed by atoms with Crippen LogP contribution in [0.2, 0.25) is 0 Å². The van der Waals surface area contributed by atoms with E-state index in [0.29, 0.717) is 0 Å². The lowest BCUT2D eigenvalue weighted by Crippen LogP contribution is -2.18. The van der Waals surface area contributed by atoms with Crippen LogP contribution in [0, 0.1) is 6.92 Å². The standard InChI is InChI=1S/C17H25N3/c1-14-12-15(13-18-10-6-7-11-20(2)3)16-8-4-5-9-17(16)19-14/h4-5,8-9,12,18H,6-7,10-11,13H2,1-3H3. The lowest BCUT2D eigenvalue weighted by Gasteiger charge is -2.11. The first-order valence-corrected chi connectivity index (χ1v) is 7.37. The van der Waals surface area contributed by atoms with E-state index in [1.54, 1.807) is 0 Å². The molecule has 0 bridgehead atoms. The Labute approximate surface area is 122 Å². The van der Waals surface area contributed by atoms with Crippen molar-refractivity contribution in [2.75, 3.05) is 27.2 Å². The van der Waals surface area contributed by atoms with E-state index in [9.17, 15) is 0 Å². The number of pyridine rings is 1. The lowest BCUT2D eigenvalue weighted by atomic mass is 10.1. The average molecular weight is 271 g/mol. The van der Waals surface area contributed by atoms with Gasteiger partial charge in [-0.25, -0.2) is 0 Å². The summed E-state index contributed by atoms with van der Waals surface area (Å²) in [6.45, 7) is 5.22. The third kappa shape index (κ3) is 4.29. The molecule has 0 unspecified atom stereocenters. The first-order chi connectivity index (χ1) is 9.66. The molecule has 0 aliphatic carbocycles. The van der Waals surface area contributed by atoms with Gasteiger partial charge in [0.2, 0.25) is 0 Å². The second kappa shape index (κ2) is 7.36. The number of nitrogens with one attached hydrogen (secondary N) is 1. The van der Waals surface area contributed by atoms with Crippen LogP contribution in [-0.2, 0) is 6.54 Å². The second-order valence-corrected chi connectivity index (χ2v) is 5.63. The molecular formula is C17H25N3. The number of aryl methyl sites for hydroxylation is 1. The van der Waals surface area contributed by atoms with Crippen molar-refractivity contribution in [1.82, 2.24) is 15.2 Å². The molecule has 0 spiro atoms. The number of para-hydroxylation sites is 1. The van der Waals surface area contributed by atoms with E-state index in [2.05, 4.69) is 60.5 Å². The molecule has 20 heavy (non-hydrogen) atoms. The third-order valence-electron chi connectivity index (χ3n) is 3.45. The van der Waals surface area contributed by atoms with Crippen LogP contribution in [0.5, 0.6) is 0 Å². The molecule has 3 nitrogen and oxygen atoms in total. The molecule has 1 heterocycles. The first-order valence-electron chi connectivity index (χ1n) is 7.37. The molecule has 0 aliphatic heterocycles. The van der Waals surface area contributed by atoms with Gasteiger partial charge in [-0.2, -0.15) is 0 Å². The summed E-state index contributed by atoms with van der Waals surface area (Å²) in [4.78, 5) is 6.82. The molecule has 0 aliphatic rings. The summed E-state index contributed by atoms with van der Waals surface area (Å²) < 4.78 is 0. The van der Waals surface area contributed by atoms with E-state index in [1.807, 2.05) is 6.07 Å². The molecule has 108 valence electrons. The van der Waals surface area contributed by atoms with Crippen LogP contribution < -0.4 is 5.32 Å². The molecule has 0 amide bonds. The van der Waals surface area contributed by atoms with Crippen LogP contribution in [0.4, 0.5) is 0 Å². The van der Waals surface area contributed by atoms with Gasteiger partial charge in [0.05, 0.1) is 5.52 Å². The fourth-order valence-electron chi connectivity index (χ4n) is 2.44. The van der Waals surface area contributed by atoms with E-state index in [0.717, 1.165) is 24.3 Å². The van der Waals surface area contributed by atoms with Gasteiger partial charge < -0.3 is 10.2 Å². The number of aromatic nitrogens is 1. The fraction of sp³-hybridized carbons (Fsp3) is 0.471. The zero-order valence-corrected chi connectivity index (χ0v) is 12.8. The van der Waals surface area contributed by atoms with Crippen molar-refractivity contribution >= 4 is 10.9 Å². The molecule has 0 saturated carbocycles. The number of benzene rings is 1. The normalized spacial score (nSPS) is 11.4. The van der Waals surface area contributed by atoms with Gasteiger partial charge in [-0.05, 0) is 64.6 Å². The molecule has 0 radical (unpaired) electrons. The Bertz CT molecular complexity index is 549. The van der Waals surface area contributed by atoms with Gasteiger partial charge in [0.15, 0.2) is 0 Å². The smallest absolute Gasteiger partial charge is 0.0708 e. The molecule has 0 atom stereocenters. The minimum atomic E-state index is 0.922. The Kier molecular flexibility index (Phi) is 5.50. The average Bonchev–Trinajstić information content (AvgIpc) is 2.42. The van der Waals surface area contributed by atoms with E-state index < -0.39 is 0 Å². The van der Waals surface area contributed by atoms with Gasteiger partial charge in [0.25, 0.3) is 0 Å². The summed E-state index contributed by atoms with van der Waals surface area (Å²) >= 11 is 0. The highest BCUT2D eigenvalue weighted by Crippen LogP contribution is 2.17. The molecule has 1 aromatic carbocycles. The number of fused-ring (bicyclic) bond motifs is 1. The summed E-state index contributed by atoms with van der Waals surface area (Å²) in [6.07, 6.45) is 2.47. The highest BCUT2D eigenvalue weighted by atomic mass is 15.0. The predicted octanol–water partition coefficient (Wildman–Crippen LogP) is 2.97. The second-order valence-electron chi connectivity index (χ2n) is 5.63. The fourth-order valence-corrected chi connectivity index (χ4v) is 2.44. The van der Waals surface area contributed by atoms with E-state index in [4.69, 9.17) is 0 Å². The Hall–Kier alpha value is -1.45. The zero-order chi connectivity index (χ0) is 14.4. The van der Waals surface area contributed by atoms with Crippen molar-refractivity contribution in [1.29, 1.82) is 0 Å². The summed E-state index contributed by atoms with van der Waals surface area (Å²) in [5, 5.41) is 4.81. The van der Waals surface area contributed by atoms with Crippen LogP contribution in [0.25, 0.3) is 10.9 Å².